The number of sulfonamides is 1. The predicted octanol–water partition coefficient (Wildman–Crippen LogP) is 2.61. The minimum atomic E-state index is -3.58. The first kappa shape index (κ1) is 17.7. The van der Waals surface area contributed by atoms with Gasteiger partial charge in [0.15, 0.2) is 0 Å². The number of hydrogen-bond donors (Lipinski definition) is 1. The first-order valence-corrected chi connectivity index (χ1v) is 9.24. The lowest BCUT2D eigenvalue weighted by Crippen LogP contribution is -2.38. The van der Waals surface area contributed by atoms with E-state index >= 15 is 0 Å². The summed E-state index contributed by atoms with van der Waals surface area (Å²) in [6.45, 7) is 1.39. The van der Waals surface area contributed by atoms with Gasteiger partial charge < -0.3 is 10.1 Å². The second-order valence-electron chi connectivity index (χ2n) is 5.86. The molecule has 1 amide bonds. The van der Waals surface area contributed by atoms with Crippen LogP contribution >= 0.6 is 0 Å². The average Bonchev–Trinajstić information content (AvgIpc) is 2.54. The van der Waals surface area contributed by atoms with Gasteiger partial charge in [-0.1, -0.05) is 19.3 Å². The molecule has 0 spiro atoms. The fourth-order valence-electron chi connectivity index (χ4n) is 2.93. The summed E-state index contributed by atoms with van der Waals surface area (Å²) < 4.78 is 32.3. The molecule has 6 nitrogen and oxygen atoms in total. The van der Waals surface area contributed by atoms with E-state index in [1.165, 1.54) is 36.9 Å². The molecule has 0 heterocycles. The first-order chi connectivity index (χ1) is 10.9. The van der Waals surface area contributed by atoms with E-state index in [1.54, 1.807) is 13.1 Å². The van der Waals surface area contributed by atoms with Gasteiger partial charge in [0.1, 0.15) is 5.75 Å². The fourth-order valence-corrected chi connectivity index (χ4v) is 4.36. The van der Waals surface area contributed by atoms with Crippen molar-refractivity contribution in [3.8, 4) is 5.75 Å². The van der Waals surface area contributed by atoms with Crippen LogP contribution in [0.1, 0.15) is 39.0 Å². The first-order valence-electron chi connectivity index (χ1n) is 7.80. The molecule has 1 fully saturated rings. The molecule has 1 aromatic carbocycles. The molecular weight excluding hydrogens is 316 g/mol. The number of anilines is 1. The Labute approximate surface area is 137 Å². The van der Waals surface area contributed by atoms with Crippen molar-refractivity contribution < 1.29 is 17.9 Å². The van der Waals surface area contributed by atoms with Crippen LogP contribution in [0.3, 0.4) is 0 Å². The lowest BCUT2D eigenvalue weighted by atomic mass is 9.96. The number of carbonyl (C=O) groups is 1. The number of benzene rings is 1. The van der Waals surface area contributed by atoms with Crippen molar-refractivity contribution in [1.82, 2.24) is 4.31 Å². The van der Waals surface area contributed by atoms with Gasteiger partial charge in [-0.2, -0.15) is 4.31 Å². The monoisotopic (exact) mass is 340 g/mol. The van der Waals surface area contributed by atoms with Gasteiger partial charge in [-0.15, -0.1) is 0 Å². The summed E-state index contributed by atoms with van der Waals surface area (Å²) in [4.78, 5) is 11.4. The molecule has 0 saturated heterocycles. The van der Waals surface area contributed by atoms with Gasteiger partial charge in [-0.05, 0) is 25.0 Å². The zero-order valence-electron chi connectivity index (χ0n) is 13.8. The Kier molecular flexibility index (Phi) is 5.64. The Bertz CT molecular complexity index is 667. The Morgan fingerprint density at radius 2 is 1.91 bits per heavy atom. The average molecular weight is 340 g/mol. The van der Waals surface area contributed by atoms with Crippen molar-refractivity contribution >= 4 is 21.6 Å². The van der Waals surface area contributed by atoms with Gasteiger partial charge in [0.25, 0.3) is 0 Å². The van der Waals surface area contributed by atoms with Crippen molar-refractivity contribution in [2.75, 3.05) is 19.5 Å². The topological polar surface area (TPSA) is 75.7 Å². The minimum absolute atomic E-state index is 0.0507. The van der Waals surface area contributed by atoms with E-state index in [0.29, 0.717) is 11.4 Å². The highest BCUT2D eigenvalue weighted by atomic mass is 32.2. The number of hydrogen-bond acceptors (Lipinski definition) is 4. The van der Waals surface area contributed by atoms with Gasteiger partial charge in [0, 0.05) is 26.1 Å². The molecule has 1 aliphatic rings. The van der Waals surface area contributed by atoms with Crippen molar-refractivity contribution in [3.63, 3.8) is 0 Å². The molecule has 7 heteroatoms. The number of rotatable bonds is 5. The number of methoxy groups -OCH3 is 1. The molecule has 0 radical (unpaired) electrons. The standard InChI is InChI=1S/C16H24N2O4S/c1-12(19)17-15-10-9-14(11-16(15)22-3)23(20,21)18(2)13-7-5-4-6-8-13/h9-11,13H,4-8H2,1-3H3,(H,17,19). The molecule has 0 unspecified atom stereocenters. The molecule has 128 valence electrons. The number of amides is 1. The van der Waals surface area contributed by atoms with E-state index < -0.39 is 10.0 Å². The van der Waals surface area contributed by atoms with Crippen LogP contribution in [0.4, 0.5) is 5.69 Å². The Hall–Kier alpha value is -1.60. The maximum absolute atomic E-state index is 12.8. The zero-order chi connectivity index (χ0) is 17.0. The quantitative estimate of drug-likeness (QED) is 0.894. The maximum Gasteiger partial charge on any atom is 0.243 e. The Morgan fingerprint density at radius 1 is 1.26 bits per heavy atom. The molecule has 0 aliphatic heterocycles. The van der Waals surface area contributed by atoms with Crippen LogP contribution < -0.4 is 10.1 Å². The smallest absolute Gasteiger partial charge is 0.243 e. The summed E-state index contributed by atoms with van der Waals surface area (Å²) in [5.41, 5.74) is 0.458. The highest BCUT2D eigenvalue weighted by Crippen LogP contribution is 2.31. The summed E-state index contributed by atoms with van der Waals surface area (Å²) in [5, 5.41) is 2.62. The molecule has 2 rings (SSSR count). The summed E-state index contributed by atoms with van der Waals surface area (Å²) in [5.74, 6) is 0.0940. The highest BCUT2D eigenvalue weighted by molar-refractivity contribution is 7.89. The molecule has 0 bridgehead atoms. The van der Waals surface area contributed by atoms with E-state index in [-0.39, 0.29) is 16.8 Å². The molecule has 23 heavy (non-hydrogen) atoms. The summed E-state index contributed by atoms with van der Waals surface area (Å²) in [6.07, 6.45) is 5.10. The molecule has 1 N–H and O–H groups in total. The third-order valence-corrected chi connectivity index (χ3v) is 6.16. The molecule has 1 saturated carbocycles. The lowest BCUT2D eigenvalue weighted by molar-refractivity contribution is -0.114. The van der Waals surface area contributed by atoms with Crippen LogP contribution in [0.15, 0.2) is 23.1 Å². The van der Waals surface area contributed by atoms with Crippen LogP contribution in [0, 0.1) is 0 Å². The van der Waals surface area contributed by atoms with E-state index in [1.807, 2.05) is 0 Å². The Morgan fingerprint density at radius 3 is 2.48 bits per heavy atom. The van der Waals surface area contributed by atoms with Gasteiger partial charge in [-0.25, -0.2) is 8.42 Å². The van der Waals surface area contributed by atoms with Crippen molar-refractivity contribution in [2.24, 2.45) is 0 Å². The Balaban J connectivity index is 2.30. The zero-order valence-corrected chi connectivity index (χ0v) is 14.6. The van der Waals surface area contributed by atoms with Crippen molar-refractivity contribution in [1.29, 1.82) is 0 Å². The minimum Gasteiger partial charge on any atom is -0.495 e. The highest BCUT2D eigenvalue weighted by Gasteiger charge is 2.29. The lowest BCUT2D eigenvalue weighted by Gasteiger charge is -2.30. The van der Waals surface area contributed by atoms with E-state index in [2.05, 4.69) is 5.32 Å². The van der Waals surface area contributed by atoms with Crippen LogP contribution in [-0.2, 0) is 14.8 Å². The molecule has 1 aromatic rings. The van der Waals surface area contributed by atoms with Crippen LogP contribution in [-0.4, -0.2) is 38.8 Å². The van der Waals surface area contributed by atoms with Crippen LogP contribution in [0.25, 0.3) is 0 Å². The maximum atomic E-state index is 12.8. The second-order valence-corrected chi connectivity index (χ2v) is 7.85. The van der Waals surface area contributed by atoms with Crippen molar-refractivity contribution in [3.05, 3.63) is 18.2 Å². The van der Waals surface area contributed by atoms with Crippen LogP contribution in [0.5, 0.6) is 5.75 Å². The third-order valence-electron chi connectivity index (χ3n) is 4.25. The largest absolute Gasteiger partial charge is 0.495 e. The van der Waals surface area contributed by atoms with Crippen molar-refractivity contribution in [2.45, 2.75) is 50.0 Å². The summed E-state index contributed by atoms with van der Waals surface area (Å²) in [6, 6.07) is 4.57. The predicted molar refractivity (Wildman–Crippen MR) is 89.1 cm³/mol. The fraction of sp³-hybridized carbons (Fsp3) is 0.562. The number of ether oxygens (including phenoxy) is 1. The number of nitrogens with zero attached hydrogens (tertiary/aromatic N) is 1. The number of nitrogens with one attached hydrogen (secondary N) is 1. The SMILES string of the molecule is COc1cc(S(=O)(=O)N(C)C2CCCCC2)ccc1NC(C)=O. The summed E-state index contributed by atoms with van der Waals surface area (Å²) >= 11 is 0. The summed E-state index contributed by atoms with van der Waals surface area (Å²) in [7, 11) is -0.491. The molecule has 0 atom stereocenters. The van der Waals surface area contributed by atoms with E-state index in [0.717, 1.165) is 25.7 Å². The van der Waals surface area contributed by atoms with Gasteiger partial charge in [0.2, 0.25) is 15.9 Å². The second kappa shape index (κ2) is 7.31. The van der Waals surface area contributed by atoms with E-state index in [9.17, 15) is 13.2 Å². The van der Waals surface area contributed by atoms with Gasteiger partial charge in [-0.3, -0.25) is 4.79 Å². The normalized spacial score (nSPS) is 16.3. The van der Waals surface area contributed by atoms with Gasteiger partial charge >= 0.3 is 0 Å². The third kappa shape index (κ3) is 4.03. The molecule has 1 aliphatic carbocycles. The number of carbonyl (C=O) groups excluding carboxylic acids is 1. The molecular formula is C16H24N2O4S. The van der Waals surface area contributed by atoms with Crippen LogP contribution in [0.2, 0.25) is 0 Å². The van der Waals surface area contributed by atoms with Gasteiger partial charge in [0.05, 0.1) is 17.7 Å². The molecule has 0 aromatic heterocycles. The van der Waals surface area contributed by atoms with E-state index in [4.69, 9.17) is 4.74 Å².